The Bertz CT molecular complexity index is 1520. The van der Waals surface area contributed by atoms with E-state index >= 15 is 0 Å². The number of anilines is 1. The molecule has 1 aliphatic heterocycles. The molecule has 5 rings (SSSR count). The number of amides is 2. The van der Waals surface area contributed by atoms with Gasteiger partial charge in [0, 0.05) is 25.6 Å². The Labute approximate surface area is 249 Å². The monoisotopic (exact) mass is 588 g/mol. The van der Waals surface area contributed by atoms with Crippen molar-refractivity contribution in [2.24, 2.45) is 5.92 Å². The molecule has 0 bridgehead atoms. The molecule has 2 amide bonds. The van der Waals surface area contributed by atoms with Crippen LogP contribution in [0.3, 0.4) is 0 Å². The Kier molecular flexibility index (Phi) is 9.06. The summed E-state index contributed by atoms with van der Waals surface area (Å²) in [7, 11) is 3.67. The maximum atomic E-state index is 13.8. The minimum absolute atomic E-state index is 0.0672. The van der Waals surface area contributed by atoms with Crippen molar-refractivity contribution in [2.75, 3.05) is 39.2 Å². The van der Waals surface area contributed by atoms with E-state index in [2.05, 4.69) is 15.2 Å². The first-order valence-corrected chi connectivity index (χ1v) is 14.8. The van der Waals surface area contributed by atoms with Crippen LogP contribution in [0, 0.1) is 5.92 Å². The van der Waals surface area contributed by atoms with E-state index in [1.54, 1.807) is 30.2 Å². The average molecular weight is 589 g/mol. The summed E-state index contributed by atoms with van der Waals surface area (Å²) >= 11 is 1.31. The summed E-state index contributed by atoms with van der Waals surface area (Å²) in [4.78, 5) is 35.5. The summed E-state index contributed by atoms with van der Waals surface area (Å²) < 4.78 is 12.8. The van der Waals surface area contributed by atoms with E-state index in [0.717, 1.165) is 21.5 Å². The van der Waals surface area contributed by atoms with Gasteiger partial charge in [-0.25, -0.2) is 4.98 Å². The molecule has 42 heavy (non-hydrogen) atoms. The number of aromatic nitrogens is 1. The number of para-hydroxylation sites is 2. The number of carbonyl (C=O) groups excluding carboxylic acids is 2. The van der Waals surface area contributed by atoms with Crippen LogP contribution in [-0.4, -0.2) is 77.7 Å². The zero-order valence-electron chi connectivity index (χ0n) is 24.2. The van der Waals surface area contributed by atoms with Crippen LogP contribution in [0.15, 0.2) is 66.7 Å². The van der Waals surface area contributed by atoms with Gasteiger partial charge in [-0.2, -0.15) is 0 Å². The number of hydrogen-bond donors (Lipinski definition) is 2. The van der Waals surface area contributed by atoms with Crippen LogP contribution in [0.2, 0.25) is 0 Å². The van der Waals surface area contributed by atoms with Crippen molar-refractivity contribution < 1.29 is 24.2 Å². The molecule has 10 heteroatoms. The predicted molar refractivity (Wildman–Crippen MR) is 165 cm³/mol. The van der Waals surface area contributed by atoms with Crippen LogP contribution in [0.5, 0.6) is 11.5 Å². The number of thiazole rings is 1. The molecule has 4 aromatic rings. The number of nitrogens with one attached hydrogen (secondary N) is 1. The Hall–Kier alpha value is -3.99. The second kappa shape index (κ2) is 12.9. The zero-order chi connectivity index (χ0) is 29.8. The van der Waals surface area contributed by atoms with Gasteiger partial charge in [-0.3, -0.25) is 14.5 Å². The summed E-state index contributed by atoms with van der Waals surface area (Å²) in [5, 5.41) is 13.2. The predicted octanol–water partition coefficient (Wildman–Crippen LogP) is 4.91. The molecule has 0 radical (unpaired) electrons. The third-order valence-electron chi connectivity index (χ3n) is 7.53. The lowest BCUT2D eigenvalue weighted by Crippen LogP contribution is -2.49. The maximum absolute atomic E-state index is 13.8. The minimum atomic E-state index is -0.385. The molecule has 0 unspecified atom stereocenters. The Morgan fingerprint density at radius 2 is 1.95 bits per heavy atom. The second-order valence-electron chi connectivity index (χ2n) is 10.8. The number of ether oxygens (including phenoxy) is 2. The Balaban J connectivity index is 1.45. The number of carbonyl (C=O) groups is 2. The van der Waals surface area contributed by atoms with Gasteiger partial charge < -0.3 is 24.8 Å². The van der Waals surface area contributed by atoms with Crippen LogP contribution >= 0.6 is 11.3 Å². The highest BCUT2D eigenvalue weighted by Crippen LogP contribution is 2.35. The van der Waals surface area contributed by atoms with Crippen LogP contribution in [0.4, 0.5) is 5.69 Å². The number of hydrogen-bond acceptors (Lipinski definition) is 8. The molecular formula is C32H36N4O5S. The van der Waals surface area contributed by atoms with Crippen LogP contribution in [0.25, 0.3) is 10.2 Å². The first-order valence-electron chi connectivity index (χ1n) is 14.0. The lowest BCUT2D eigenvalue weighted by molar-refractivity contribution is 0.0343. The van der Waals surface area contributed by atoms with Crippen LogP contribution in [0.1, 0.15) is 39.6 Å². The molecule has 1 aliphatic rings. The fourth-order valence-electron chi connectivity index (χ4n) is 5.12. The van der Waals surface area contributed by atoms with E-state index in [-0.39, 0.29) is 36.5 Å². The molecule has 0 saturated carbocycles. The number of rotatable bonds is 9. The number of methoxy groups -OCH3 is 1. The molecule has 0 fully saturated rings. The lowest BCUT2D eigenvalue weighted by Gasteiger charge is -2.38. The third kappa shape index (κ3) is 6.41. The van der Waals surface area contributed by atoms with Gasteiger partial charge in [0.2, 0.25) is 0 Å². The fraction of sp³-hybridized carbons (Fsp3) is 0.344. The van der Waals surface area contributed by atoms with E-state index in [9.17, 15) is 14.7 Å². The molecule has 220 valence electrons. The second-order valence-corrected chi connectivity index (χ2v) is 11.8. The first-order chi connectivity index (χ1) is 20.3. The van der Waals surface area contributed by atoms with E-state index in [1.165, 1.54) is 11.3 Å². The third-order valence-corrected chi connectivity index (χ3v) is 8.57. The van der Waals surface area contributed by atoms with Gasteiger partial charge in [0.25, 0.3) is 11.8 Å². The number of aliphatic hydroxyl groups excluding tert-OH is 1. The summed E-state index contributed by atoms with van der Waals surface area (Å²) in [6, 6.07) is 20.3. The number of fused-ring (bicyclic) bond motifs is 2. The van der Waals surface area contributed by atoms with Crippen LogP contribution in [-0.2, 0) is 6.54 Å². The molecular weight excluding hydrogens is 552 g/mol. The van der Waals surface area contributed by atoms with Gasteiger partial charge in [0.15, 0.2) is 10.8 Å². The maximum Gasteiger partial charge on any atom is 0.284 e. The molecule has 0 spiro atoms. The normalized spacial score (nSPS) is 17.8. The summed E-state index contributed by atoms with van der Waals surface area (Å²) in [6.45, 7) is 5.39. The van der Waals surface area contributed by atoms with Gasteiger partial charge in [0.05, 0.1) is 41.2 Å². The highest BCUT2D eigenvalue weighted by Gasteiger charge is 2.34. The number of likely N-dealkylation sites (N-methyl/N-ethyl adjacent to an activating group) is 1. The van der Waals surface area contributed by atoms with Crippen molar-refractivity contribution in [1.29, 1.82) is 0 Å². The summed E-state index contributed by atoms with van der Waals surface area (Å²) in [5.74, 6) is 0.436. The minimum Gasteiger partial charge on any atom is -0.497 e. The standard InChI is InChI=1S/C32H36N4O5S/c1-20-16-36(21(2)19-37)32(39)24-8-7-10-26(33-30(38)31-34-25-9-5-6-11-28(25)42-31)29(24)41-27(20)18-35(3)17-22-12-14-23(40-4)15-13-22/h5-15,20-21,27,37H,16-19H2,1-4H3,(H,33,38)/t20-,21-,27+/m1/s1. The molecule has 3 atom stereocenters. The first kappa shape index (κ1) is 29.5. The Morgan fingerprint density at radius 1 is 1.19 bits per heavy atom. The molecule has 9 nitrogen and oxygen atoms in total. The zero-order valence-corrected chi connectivity index (χ0v) is 25.1. The molecule has 2 N–H and O–H groups in total. The van der Waals surface area contributed by atoms with E-state index in [4.69, 9.17) is 9.47 Å². The smallest absolute Gasteiger partial charge is 0.284 e. The number of aliphatic hydroxyl groups is 1. The Morgan fingerprint density at radius 3 is 2.67 bits per heavy atom. The topological polar surface area (TPSA) is 104 Å². The van der Waals surface area contributed by atoms with Crippen molar-refractivity contribution in [1.82, 2.24) is 14.8 Å². The van der Waals surface area contributed by atoms with Gasteiger partial charge in [-0.15, -0.1) is 11.3 Å². The molecule has 3 aromatic carbocycles. The highest BCUT2D eigenvalue weighted by atomic mass is 32.1. The fourth-order valence-corrected chi connectivity index (χ4v) is 5.98. The molecule has 2 heterocycles. The van der Waals surface area contributed by atoms with E-state index in [0.29, 0.717) is 41.6 Å². The van der Waals surface area contributed by atoms with Crippen LogP contribution < -0.4 is 14.8 Å². The molecule has 0 aliphatic carbocycles. The largest absolute Gasteiger partial charge is 0.497 e. The average Bonchev–Trinajstić information content (AvgIpc) is 3.44. The SMILES string of the molecule is COc1ccc(CN(C)C[C@@H]2Oc3c(NC(=O)c4nc5ccccc5s4)cccc3C(=O)N([C@H](C)CO)C[C@H]2C)cc1. The van der Waals surface area contributed by atoms with E-state index < -0.39 is 0 Å². The summed E-state index contributed by atoms with van der Waals surface area (Å²) in [6.07, 6.45) is -0.311. The van der Waals surface area contributed by atoms with Gasteiger partial charge in [-0.1, -0.05) is 37.3 Å². The van der Waals surface area contributed by atoms with Crippen molar-refractivity contribution in [3.05, 3.63) is 82.9 Å². The summed E-state index contributed by atoms with van der Waals surface area (Å²) in [5.41, 5.74) is 2.63. The van der Waals surface area contributed by atoms with Gasteiger partial charge in [-0.05, 0) is 55.9 Å². The van der Waals surface area contributed by atoms with Gasteiger partial charge in [0.1, 0.15) is 11.9 Å². The van der Waals surface area contributed by atoms with Gasteiger partial charge >= 0.3 is 0 Å². The van der Waals surface area contributed by atoms with Crippen molar-refractivity contribution in [3.63, 3.8) is 0 Å². The lowest BCUT2D eigenvalue weighted by atomic mass is 9.98. The van der Waals surface area contributed by atoms with Crippen molar-refractivity contribution in [2.45, 2.75) is 32.5 Å². The molecule has 1 aromatic heterocycles. The van der Waals surface area contributed by atoms with E-state index in [1.807, 2.05) is 69.4 Å². The van der Waals surface area contributed by atoms with Crippen molar-refractivity contribution in [3.8, 4) is 11.5 Å². The molecule has 0 saturated heterocycles. The number of benzene rings is 3. The quantitative estimate of drug-likeness (QED) is 0.286. The number of nitrogens with zero attached hydrogens (tertiary/aromatic N) is 3. The van der Waals surface area contributed by atoms with Crippen molar-refractivity contribution >= 4 is 39.1 Å². The highest BCUT2D eigenvalue weighted by molar-refractivity contribution is 7.20.